The molecule has 8 heteroatoms. The summed E-state index contributed by atoms with van der Waals surface area (Å²) in [6.45, 7) is 2.42. The minimum atomic E-state index is -0.567. The lowest BCUT2D eigenvalue weighted by molar-refractivity contribution is -0.128. The maximum atomic E-state index is 13.4. The summed E-state index contributed by atoms with van der Waals surface area (Å²) in [5.74, 6) is 0.686. The summed E-state index contributed by atoms with van der Waals surface area (Å²) in [4.78, 5) is 32.6. The average molecular weight is 490 g/mol. The van der Waals surface area contributed by atoms with Gasteiger partial charge in [-0.05, 0) is 36.8 Å². The van der Waals surface area contributed by atoms with E-state index in [1.807, 2.05) is 61.5 Å². The third-order valence-electron chi connectivity index (χ3n) is 5.50. The maximum absolute atomic E-state index is 13.4. The number of amides is 2. The summed E-state index contributed by atoms with van der Waals surface area (Å²) in [5, 5.41) is 2.87. The van der Waals surface area contributed by atoms with Crippen LogP contribution in [-0.2, 0) is 16.1 Å². The molecule has 2 amide bonds. The van der Waals surface area contributed by atoms with Gasteiger partial charge in [0.2, 0.25) is 11.8 Å². The highest BCUT2D eigenvalue weighted by atomic mass is 32.2. The van der Waals surface area contributed by atoms with E-state index >= 15 is 0 Å². The Balaban J connectivity index is 1.51. The number of thioether (sulfide) groups is 1. The Kier molecular flexibility index (Phi) is 7.72. The fraction of sp³-hybridized carbons (Fsp3) is 0.222. The predicted molar refractivity (Wildman–Crippen MR) is 139 cm³/mol. The largest absolute Gasteiger partial charge is 0.493 e. The van der Waals surface area contributed by atoms with Crippen molar-refractivity contribution in [2.24, 2.45) is 4.99 Å². The Morgan fingerprint density at radius 3 is 2.40 bits per heavy atom. The highest BCUT2D eigenvalue weighted by Gasteiger charge is 2.39. The van der Waals surface area contributed by atoms with Crippen molar-refractivity contribution in [3.05, 3.63) is 83.9 Å². The number of methoxy groups -OCH3 is 2. The van der Waals surface area contributed by atoms with Crippen molar-refractivity contribution >= 4 is 40.1 Å². The fourth-order valence-electron chi connectivity index (χ4n) is 3.65. The molecule has 180 valence electrons. The minimum absolute atomic E-state index is 0.0239. The monoisotopic (exact) mass is 489 g/mol. The van der Waals surface area contributed by atoms with Gasteiger partial charge in [-0.15, -0.1) is 0 Å². The van der Waals surface area contributed by atoms with Gasteiger partial charge in [0.25, 0.3) is 0 Å². The number of amidine groups is 1. The number of hydrogen-bond acceptors (Lipinski definition) is 6. The third-order valence-corrected chi connectivity index (χ3v) is 6.68. The first kappa shape index (κ1) is 24.3. The SMILES string of the molecule is COc1ccc(NC(=O)CC2SC(=Nc3ccccc3)N(Cc3ccc(C)cc3)C2=O)cc1OC. The summed E-state index contributed by atoms with van der Waals surface area (Å²) in [5.41, 5.74) is 3.48. The van der Waals surface area contributed by atoms with Gasteiger partial charge in [0.05, 0.1) is 26.5 Å². The Labute approximate surface area is 209 Å². The molecular weight excluding hydrogens is 462 g/mol. The lowest BCUT2D eigenvalue weighted by atomic mass is 10.1. The first-order chi connectivity index (χ1) is 17.0. The first-order valence-corrected chi connectivity index (χ1v) is 12.0. The van der Waals surface area contributed by atoms with Gasteiger partial charge in [0.15, 0.2) is 16.7 Å². The van der Waals surface area contributed by atoms with E-state index in [9.17, 15) is 9.59 Å². The first-order valence-electron chi connectivity index (χ1n) is 11.2. The molecule has 0 radical (unpaired) electrons. The molecule has 1 saturated heterocycles. The average Bonchev–Trinajstić information content (AvgIpc) is 3.14. The van der Waals surface area contributed by atoms with Gasteiger partial charge >= 0.3 is 0 Å². The molecule has 35 heavy (non-hydrogen) atoms. The van der Waals surface area contributed by atoms with Crippen molar-refractivity contribution < 1.29 is 19.1 Å². The lowest BCUT2D eigenvalue weighted by Crippen LogP contribution is -2.33. The number of carbonyl (C=O) groups excluding carboxylic acids is 2. The molecule has 0 aliphatic carbocycles. The van der Waals surface area contributed by atoms with Crippen molar-refractivity contribution in [3.8, 4) is 11.5 Å². The van der Waals surface area contributed by atoms with Crippen LogP contribution >= 0.6 is 11.8 Å². The van der Waals surface area contributed by atoms with E-state index in [0.29, 0.717) is 28.9 Å². The van der Waals surface area contributed by atoms with Crippen molar-refractivity contribution in [2.75, 3.05) is 19.5 Å². The van der Waals surface area contributed by atoms with Crippen LogP contribution in [0, 0.1) is 6.92 Å². The molecule has 3 aromatic carbocycles. The predicted octanol–water partition coefficient (Wildman–Crippen LogP) is 5.17. The molecule has 1 aliphatic rings. The summed E-state index contributed by atoms with van der Waals surface area (Å²) >= 11 is 1.32. The zero-order valence-corrected chi connectivity index (χ0v) is 20.7. The molecule has 1 fully saturated rings. The van der Waals surface area contributed by atoms with E-state index in [2.05, 4.69) is 5.32 Å². The number of nitrogens with one attached hydrogen (secondary N) is 1. The molecule has 1 unspecified atom stereocenters. The summed E-state index contributed by atoms with van der Waals surface area (Å²) in [6.07, 6.45) is 0.0239. The second kappa shape index (κ2) is 11.1. The molecule has 4 rings (SSSR count). The quantitative estimate of drug-likeness (QED) is 0.472. The van der Waals surface area contributed by atoms with E-state index in [4.69, 9.17) is 14.5 Å². The highest BCUT2D eigenvalue weighted by molar-refractivity contribution is 8.15. The second-order valence-electron chi connectivity index (χ2n) is 8.07. The van der Waals surface area contributed by atoms with Crippen LogP contribution in [0.1, 0.15) is 17.5 Å². The smallest absolute Gasteiger partial charge is 0.242 e. The van der Waals surface area contributed by atoms with Crippen LogP contribution in [-0.4, -0.2) is 41.4 Å². The van der Waals surface area contributed by atoms with E-state index in [1.165, 1.54) is 18.9 Å². The van der Waals surface area contributed by atoms with Gasteiger partial charge in [-0.2, -0.15) is 0 Å². The number of para-hydroxylation sites is 1. The maximum Gasteiger partial charge on any atom is 0.242 e. The molecule has 1 atom stereocenters. The van der Waals surface area contributed by atoms with Gasteiger partial charge in [0, 0.05) is 18.2 Å². The summed E-state index contributed by atoms with van der Waals surface area (Å²) < 4.78 is 10.5. The molecule has 0 bridgehead atoms. The zero-order valence-electron chi connectivity index (χ0n) is 19.9. The Hall–Kier alpha value is -3.78. The number of benzene rings is 3. The van der Waals surface area contributed by atoms with E-state index in [0.717, 1.165) is 16.8 Å². The lowest BCUT2D eigenvalue weighted by Gasteiger charge is -2.17. The van der Waals surface area contributed by atoms with Crippen molar-refractivity contribution in [1.29, 1.82) is 0 Å². The Bertz CT molecular complexity index is 1230. The van der Waals surface area contributed by atoms with Crippen LogP contribution in [0.3, 0.4) is 0 Å². The summed E-state index contributed by atoms with van der Waals surface area (Å²) in [7, 11) is 3.09. The number of aryl methyl sites for hydroxylation is 1. The van der Waals surface area contributed by atoms with Crippen LogP contribution in [0.25, 0.3) is 0 Å². The second-order valence-corrected chi connectivity index (χ2v) is 9.24. The standard InChI is InChI=1S/C27H27N3O4S/c1-18-9-11-19(12-10-18)17-30-26(32)24(35-27(30)29-20-7-5-4-6-8-20)16-25(31)28-21-13-14-22(33-2)23(15-21)34-3/h4-15,24H,16-17H2,1-3H3,(H,28,31). The van der Waals surface area contributed by atoms with E-state index < -0.39 is 5.25 Å². The van der Waals surface area contributed by atoms with Crippen LogP contribution in [0.5, 0.6) is 11.5 Å². The van der Waals surface area contributed by atoms with E-state index in [-0.39, 0.29) is 18.2 Å². The van der Waals surface area contributed by atoms with E-state index in [1.54, 1.807) is 30.2 Å². The molecule has 0 saturated carbocycles. The number of aliphatic imine (C=N–C) groups is 1. The molecule has 0 spiro atoms. The third kappa shape index (κ3) is 6.02. The number of rotatable bonds is 8. The minimum Gasteiger partial charge on any atom is -0.493 e. The molecule has 0 aromatic heterocycles. The van der Waals surface area contributed by atoms with Crippen molar-refractivity contribution in [2.45, 2.75) is 25.1 Å². The number of hydrogen-bond donors (Lipinski definition) is 1. The normalized spacial score (nSPS) is 16.4. The van der Waals surface area contributed by atoms with Gasteiger partial charge in [-0.3, -0.25) is 14.5 Å². The summed E-state index contributed by atoms with van der Waals surface area (Å²) in [6, 6.07) is 22.7. The van der Waals surface area contributed by atoms with Crippen molar-refractivity contribution in [3.63, 3.8) is 0 Å². The van der Waals surface area contributed by atoms with Crippen LogP contribution in [0.4, 0.5) is 11.4 Å². The van der Waals surface area contributed by atoms with Gasteiger partial charge in [-0.25, -0.2) is 4.99 Å². The topological polar surface area (TPSA) is 80.2 Å². The van der Waals surface area contributed by atoms with Crippen LogP contribution in [0.15, 0.2) is 77.8 Å². The molecule has 7 nitrogen and oxygen atoms in total. The van der Waals surface area contributed by atoms with Crippen LogP contribution in [0.2, 0.25) is 0 Å². The number of nitrogens with zero attached hydrogens (tertiary/aromatic N) is 2. The van der Waals surface area contributed by atoms with Crippen LogP contribution < -0.4 is 14.8 Å². The van der Waals surface area contributed by atoms with Gasteiger partial charge in [-0.1, -0.05) is 59.8 Å². The molecule has 1 N–H and O–H groups in total. The number of carbonyl (C=O) groups is 2. The molecular formula is C27H27N3O4S. The zero-order chi connectivity index (χ0) is 24.8. The molecule has 1 aliphatic heterocycles. The van der Waals surface area contributed by atoms with Gasteiger partial charge < -0.3 is 14.8 Å². The van der Waals surface area contributed by atoms with Crippen molar-refractivity contribution in [1.82, 2.24) is 4.90 Å². The van der Waals surface area contributed by atoms with Gasteiger partial charge in [0.1, 0.15) is 5.25 Å². The molecule has 1 heterocycles. The number of ether oxygens (including phenoxy) is 2. The highest BCUT2D eigenvalue weighted by Crippen LogP contribution is 2.34. The molecule has 3 aromatic rings. The Morgan fingerprint density at radius 2 is 1.71 bits per heavy atom. The Morgan fingerprint density at radius 1 is 1.00 bits per heavy atom. The fourth-order valence-corrected chi connectivity index (χ4v) is 4.81. The number of anilines is 1.